The normalized spacial score (nSPS) is 13.2. The van der Waals surface area contributed by atoms with Gasteiger partial charge in [-0.15, -0.1) is 0 Å². The van der Waals surface area contributed by atoms with Gasteiger partial charge in [0.05, 0.1) is 25.5 Å². The number of imide groups is 1. The van der Waals surface area contributed by atoms with E-state index in [2.05, 4.69) is 17.6 Å². The summed E-state index contributed by atoms with van der Waals surface area (Å²) < 4.78 is 10.8. The Kier molecular flexibility index (Phi) is 9.17. The van der Waals surface area contributed by atoms with Crippen molar-refractivity contribution >= 4 is 29.2 Å². The summed E-state index contributed by atoms with van der Waals surface area (Å²) in [7, 11) is 0. The number of benzene rings is 1. The number of anilines is 2. The van der Waals surface area contributed by atoms with Crippen molar-refractivity contribution in [1.29, 1.82) is 0 Å². The van der Waals surface area contributed by atoms with Gasteiger partial charge in [-0.1, -0.05) is 19.8 Å². The first-order valence-electron chi connectivity index (χ1n) is 9.48. The molecule has 1 aromatic carbocycles. The maximum absolute atomic E-state index is 11.9. The lowest BCUT2D eigenvalue weighted by Gasteiger charge is -2.14. The van der Waals surface area contributed by atoms with E-state index in [-0.39, 0.29) is 17.8 Å². The molecule has 0 unspecified atom stereocenters. The quantitative estimate of drug-likeness (QED) is 0.423. The third kappa shape index (κ3) is 7.13. The number of hydrogen-bond acceptors (Lipinski definition) is 5. The molecule has 0 saturated carbocycles. The minimum Gasteiger partial charge on any atom is -0.379 e. The molecule has 0 atom stereocenters. The number of carbonyl (C=O) groups excluding carboxylic acids is 3. The summed E-state index contributed by atoms with van der Waals surface area (Å²) in [5.41, 5.74) is 1.01. The second-order valence-electron chi connectivity index (χ2n) is 6.20. The highest BCUT2D eigenvalue weighted by Gasteiger charge is 2.24. The second-order valence-corrected chi connectivity index (χ2v) is 6.20. The number of nitrogens with zero attached hydrogens (tertiary/aromatic N) is 1. The Hall–Kier alpha value is -2.71. The van der Waals surface area contributed by atoms with Crippen molar-refractivity contribution in [3.8, 4) is 0 Å². The van der Waals surface area contributed by atoms with Gasteiger partial charge < -0.3 is 20.1 Å². The van der Waals surface area contributed by atoms with Gasteiger partial charge in [0.1, 0.15) is 0 Å². The predicted octanol–water partition coefficient (Wildman–Crippen LogP) is 2.46. The molecular formula is C20H27N3O5. The first kappa shape index (κ1) is 21.6. The fourth-order valence-corrected chi connectivity index (χ4v) is 2.54. The van der Waals surface area contributed by atoms with E-state index in [1.165, 1.54) is 25.0 Å². The van der Waals surface area contributed by atoms with Crippen LogP contribution in [0.1, 0.15) is 26.2 Å². The summed E-state index contributed by atoms with van der Waals surface area (Å²) in [4.78, 5) is 36.2. The van der Waals surface area contributed by atoms with Crippen LogP contribution in [0.4, 0.5) is 16.2 Å². The zero-order chi connectivity index (χ0) is 20.2. The topological polar surface area (TPSA) is 97.0 Å². The molecule has 1 aromatic rings. The molecule has 2 rings (SSSR count). The molecule has 0 aromatic heterocycles. The largest absolute Gasteiger partial charge is 0.379 e. The van der Waals surface area contributed by atoms with Gasteiger partial charge in [0, 0.05) is 31.0 Å². The molecule has 0 fully saturated rings. The first-order valence-corrected chi connectivity index (χ1v) is 9.48. The minimum atomic E-state index is -0.380. The van der Waals surface area contributed by atoms with Crippen molar-refractivity contribution in [2.45, 2.75) is 26.2 Å². The lowest BCUT2D eigenvalue weighted by molar-refractivity contribution is -0.119. The average molecular weight is 389 g/mol. The van der Waals surface area contributed by atoms with Crippen molar-refractivity contribution in [2.24, 2.45) is 0 Å². The lowest BCUT2D eigenvalue weighted by atomic mass is 10.2. The molecule has 8 heteroatoms. The number of carbonyl (C=O) groups is 3. The number of urea groups is 1. The second kappa shape index (κ2) is 11.9. The summed E-state index contributed by atoms with van der Waals surface area (Å²) in [6.07, 6.45) is 5.87. The molecular weight excluding hydrogens is 362 g/mol. The van der Waals surface area contributed by atoms with Gasteiger partial charge in [0.15, 0.2) is 0 Å². The standard InChI is InChI=1S/C20H27N3O5/c1-2-3-4-12-27-14-15-28-13-11-21-20(26)22-16-5-7-17(8-6-16)23-18(24)9-10-19(23)25/h5-10H,2-4,11-15H2,1H3,(H2,21,22,26). The van der Waals surface area contributed by atoms with Gasteiger partial charge in [-0.2, -0.15) is 0 Å². The van der Waals surface area contributed by atoms with Crippen molar-refractivity contribution < 1.29 is 23.9 Å². The van der Waals surface area contributed by atoms with E-state index < -0.39 is 0 Å². The highest BCUT2D eigenvalue weighted by atomic mass is 16.5. The molecule has 0 aliphatic carbocycles. The Balaban J connectivity index is 1.58. The Morgan fingerprint density at radius 3 is 2.21 bits per heavy atom. The number of hydrogen-bond donors (Lipinski definition) is 2. The van der Waals surface area contributed by atoms with Crippen molar-refractivity contribution in [3.63, 3.8) is 0 Å². The molecule has 152 valence electrons. The van der Waals surface area contributed by atoms with E-state index in [0.717, 1.165) is 17.9 Å². The Bertz CT molecular complexity index is 670. The van der Waals surface area contributed by atoms with Crippen LogP contribution in [0.25, 0.3) is 0 Å². The molecule has 1 heterocycles. The van der Waals surface area contributed by atoms with E-state index in [1.54, 1.807) is 24.3 Å². The first-order chi connectivity index (χ1) is 13.6. The van der Waals surface area contributed by atoms with Gasteiger partial charge in [-0.25, -0.2) is 9.69 Å². The predicted molar refractivity (Wildman–Crippen MR) is 106 cm³/mol. The van der Waals surface area contributed by atoms with E-state index in [0.29, 0.717) is 37.7 Å². The maximum Gasteiger partial charge on any atom is 0.319 e. The molecule has 0 spiro atoms. The maximum atomic E-state index is 11.9. The minimum absolute atomic E-state index is 0.359. The van der Waals surface area contributed by atoms with Crippen LogP contribution in [0.5, 0.6) is 0 Å². The van der Waals surface area contributed by atoms with E-state index >= 15 is 0 Å². The van der Waals surface area contributed by atoms with Gasteiger partial charge in [-0.3, -0.25) is 9.59 Å². The summed E-state index contributed by atoms with van der Waals surface area (Å²) in [5, 5.41) is 5.37. The molecule has 0 saturated heterocycles. The van der Waals surface area contributed by atoms with Crippen LogP contribution >= 0.6 is 0 Å². The van der Waals surface area contributed by atoms with Gasteiger partial charge in [0.25, 0.3) is 11.8 Å². The van der Waals surface area contributed by atoms with Crippen LogP contribution in [0.15, 0.2) is 36.4 Å². The summed E-state index contributed by atoms with van der Waals surface area (Å²) in [6, 6.07) is 6.09. The van der Waals surface area contributed by atoms with Crippen LogP contribution in [-0.4, -0.2) is 50.8 Å². The van der Waals surface area contributed by atoms with Crippen molar-refractivity contribution in [3.05, 3.63) is 36.4 Å². The van der Waals surface area contributed by atoms with Crippen LogP contribution in [0.3, 0.4) is 0 Å². The summed E-state index contributed by atoms with van der Waals surface area (Å²) >= 11 is 0. The number of rotatable bonds is 12. The Morgan fingerprint density at radius 2 is 1.57 bits per heavy atom. The van der Waals surface area contributed by atoms with Crippen molar-refractivity contribution in [2.75, 3.05) is 43.2 Å². The molecule has 2 N–H and O–H groups in total. The monoisotopic (exact) mass is 389 g/mol. The van der Waals surface area contributed by atoms with E-state index in [4.69, 9.17) is 9.47 Å². The molecule has 0 bridgehead atoms. The van der Waals surface area contributed by atoms with E-state index in [9.17, 15) is 14.4 Å². The summed E-state index contributed by atoms with van der Waals surface area (Å²) in [5.74, 6) is -0.760. The summed E-state index contributed by atoms with van der Waals surface area (Å²) in [6.45, 7) is 4.74. The van der Waals surface area contributed by atoms with Gasteiger partial charge >= 0.3 is 6.03 Å². The third-order valence-electron chi connectivity index (χ3n) is 3.99. The van der Waals surface area contributed by atoms with Crippen LogP contribution in [0.2, 0.25) is 0 Å². The molecule has 8 nitrogen and oxygen atoms in total. The molecule has 28 heavy (non-hydrogen) atoms. The van der Waals surface area contributed by atoms with Crippen LogP contribution < -0.4 is 15.5 Å². The highest BCUT2D eigenvalue weighted by molar-refractivity contribution is 6.28. The third-order valence-corrected chi connectivity index (χ3v) is 3.99. The molecule has 4 amide bonds. The zero-order valence-electron chi connectivity index (χ0n) is 16.1. The highest BCUT2D eigenvalue weighted by Crippen LogP contribution is 2.21. The smallest absolute Gasteiger partial charge is 0.319 e. The fraction of sp³-hybridized carbons (Fsp3) is 0.450. The molecule has 1 aliphatic rings. The fourth-order valence-electron chi connectivity index (χ4n) is 2.54. The molecule has 0 radical (unpaired) electrons. The number of amides is 4. The SMILES string of the molecule is CCCCCOCCOCCNC(=O)Nc1ccc(N2C(=O)C=CC2=O)cc1. The molecule has 1 aliphatic heterocycles. The number of ether oxygens (including phenoxy) is 2. The Labute approximate surface area is 164 Å². The van der Waals surface area contributed by atoms with E-state index in [1.807, 2.05) is 0 Å². The average Bonchev–Trinajstić information content (AvgIpc) is 3.02. The Morgan fingerprint density at radius 1 is 0.929 bits per heavy atom. The lowest BCUT2D eigenvalue weighted by Crippen LogP contribution is -2.32. The number of unbranched alkanes of at least 4 members (excludes halogenated alkanes) is 2. The van der Waals surface area contributed by atoms with Gasteiger partial charge in [0.2, 0.25) is 0 Å². The van der Waals surface area contributed by atoms with Gasteiger partial charge in [-0.05, 0) is 30.7 Å². The van der Waals surface area contributed by atoms with Crippen molar-refractivity contribution in [1.82, 2.24) is 5.32 Å². The number of nitrogens with one attached hydrogen (secondary N) is 2. The van der Waals surface area contributed by atoms with Crippen LogP contribution in [0, 0.1) is 0 Å². The van der Waals surface area contributed by atoms with Crippen LogP contribution in [-0.2, 0) is 19.1 Å². The zero-order valence-corrected chi connectivity index (χ0v) is 16.1.